The Balaban J connectivity index is 2.53. The number of rotatable bonds is 2. The maximum absolute atomic E-state index is 13.1. The number of carbonyl (C=O) groups is 1. The highest BCUT2D eigenvalue weighted by Gasteiger charge is 2.16. The van der Waals surface area contributed by atoms with E-state index in [0.29, 0.717) is 24.0 Å². The van der Waals surface area contributed by atoms with E-state index >= 15 is 0 Å². The molecule has 0 saturated heterocycles. The highest BCUT2D eigenvalue weighted by molar-refractivity contribution is 6.32. The molecule has 0 radical (unpaired) electrons. The third kappa shape index (κ3) is 2.36. The van der Waals surface area contributed by atoms with E-state index in [-0.39, 0.29) is 10.7 Å². The molecule has 0 atom stereocenters. The van der Waals surface area contributed by atoms with Crippen molar-refractivity contribution in [2.45, 2.75) is 0 Å². The third-order valence-electron chi connectivity index (χ3n) is 2.38. The van der Waals surface area contributed by atoms with E-state index < -0.39 is 11.6 Å². The number of aldehydes is 1. The average Bonchev–Trinajstić information content (AvgIpc) is 2.27. The highest BCUT2D eigenvalue weighted by atomic mass is 35.5. The van der Waals surface area contributed by atoms with E-state index in [9.17, 15) is 13.6 Å². The van der Waals surface area contributed by atoms with Crippen LogP contribution in [0.25, 0.3) is 5.57 Å². The Kier molecular flexibility index (Phi) is 3.24. The second-order valence-electron chi connectivity index (χ2n) is 3.50. The number of dihydropyridines is 1. The molecular formula is C12H8ClF2NO. The number of nitrogens with one attached hydrogen (secondary N) is 1. The molecule has 1 N–H and O–H groups in total. The Labute approximate surface area is 102 Å². The molecule has 1 aliphatic heterocycles. The van der Waals surface area contributed by atoms with Gasteiger partial charge in [0.2, 0.25) is 0 Å². The smallest absolute Gasteiger partial charge is 0.153 e. The molecule has 1 aromatic rings. The van der Waals surface area contributed by atoms with E-state index in [1.807, 2.05) is 0 Å². The number of hydrogen-bond acceptors (Lipinski definition) is 2. The summed E-state index contributed by atoms with van der Waals surface area (Å²) >= 11 is 5.82. The van der Waals surface area contributed by atoms with Crippen molar-refractivity contribution in [2.75, 3.05) is 6.54 Å². The number of carbonyl (C=O) groups excluding carboxylic acids is 1. The van der Waals surface area contributed by atoms with Gasteiger partial charge in [-0.15, -0.1) is 0 Å². The van der Waals surface area contributed by atoms with Gasteiger partial charge < -0.3 is 5.32 Å². The van der Waals surface area contributed by atoms with Crippen LogP contribution in [0.3, 0.4) is 0 Å². The zero-order valence-corrected chi connectivity index (χ0v) is 9.39. The molecule has 1 heterocycles. The lowest BCUT2D eigenvalue weighted by Gasteiger charge is -2.16. The lowest BCUT2D eigenvalue weighted by molar-refractivity contribution is -0.104. The van der Waals surface area contributed by atoms with E-state index in [1.165, 1.54) is 0 Å². The Morgan fingerprint density at radius 2 is 1.88 bits per heavy atom. The molecule has 2 rings (SSSR count). The molecule has 0 spiro atoms. The van der Waals surface area contributed by atoms with Crippen LogP contribution >= 0.6 is 11.6 Å². The molecule has 5 heteroatoms. The zero-order chi connectivity index (χ0) is 12.4. The lowest BCUT2D eigenvalue weighted by atomic mass is 9.97. The number of benzene rings is 1. The molecule has 1 aromatic carbocycles. The van der Waals surface area contributed by atoms with Crippen molar-refractivity contribution in [3.8, 4) is 0 Å². The van der Waals surface area contributed by atoms with Crippen LogP contribution in [0.4, 0.5) is 8.78 Å². The van der Waals surface area contributed by atoms with Gasteiger partial charge in [-0.1, -0.05) is 17.7 Å². The fraction of sp³-hybridized carbons (Fsp3) is 0.0833. The van der Waals surface area contributed by atoms with Gasteiger partial charge in [0.05, 0.1) is 5.57 Å². The molecule has 2 nitrogen and oxygen atoms in total. The van der Waals surface area contributed by atoms with Crippen LogP contribution in [0, 0.1) is 11.6 Å². The molecule has 0 saturated carbocycles. The predicted molar refractivity (Wildman–Crippen MR) is 61.3 cm³/mol. The minimum absolute atomic E-state index is 0.183. The summed E-state index contributed by atoms with van der Waals surface area (Å²) in [7, 11) is 0. The Bertz CT molecular complexity index is 517. The first-order valence-electron chi connectivity index (χ1n) is 4.87. The first kappa shape index (κ1) is 11.8. The van der Waals surface area contributed by atoms with Crippen molar-refractivity contribution >= 4 is 23.5 Å². The normalized spacial score (nSPS) is 15.4. The summed E-state index contributed by atoms with van der Waals surface area (Å²) in [6.45, 7) is 0.406. The minimum Gasteiger partial charge on any atom is -0.372 e. The van der Waals surface area contributed by atoms with Crippen molar-refractivity contribution in [1.82, 2.24) is 5.32 Å². The topological polar surface area (TPSA) is 29.1 Å². The summed E-state index contributed by atoms with van der Waals surface area (Å²) in [5, 5.41) is 2.94. The molecule has 88 valence electrons. The van der Waals surface area contributed by atoms with Crippen LogP contribution < -0.4 is 5.32 Å². The Hall–Kier alpha value is -1.68. The van der Waals surface area contributed by atoms with E-state index in [1.54, 1.807) is 6.08 Å². The number of halogens is 3. The first-order valence-corrected chi connectivity index (χ1v) is 5.25. The van der Waals surface area contributed by atoms with Crippen LogP contribution in [-0.2, 0) is 4.79 Å². The summed E-state index contributed by atoms with van der Waals surface area (Å²) < 4.78 is 26.2. The predicted octanol–water partition coefficient (Wildman–Crippen LogP) is 2.60. The molecule has 0 unspecified atom stereocenters. The first-order chi connectivity index (χ1) is 8.11. The monoisotopic (exact) mass is 255 g/mol. The van der Waals surface area contributed by atoms with Crippen molar-refractivity contribution in [3.05, 3.63) is 52.2 Å². The van der Waals surface area contributed by atoms with Gasteiger partial charge in [0.1, 0.15) is 16.8 Å². The molecule has 0 aromatic heterocycles. The van der Waals surface area contributed by atoms with Crippen LogP contribution in [0.2, 0.25) is 0 Å². The van der Waals surface area contributed by atoms with Gasteiger partial charge in [-0.2, -0.15) is 0 Å². The van der Waals surface area contributed by atoms with Gasteiger partial charge in [0.15, 0.2) is 6.29 Å². The molecule has 0 bridgehead atoms. The molecule has 17 heavy (non-hydrogen) atoms. The maximum Gasteiger partial charge on any atom is 0.153 e. The van der Waals surface area contributed by atoms with Gasteiger partial charge in [0, 0.05) is 12.6 Å². The van der Waals surface area contributed by atoms with Crippen molar-refractivity contribution in [3.63, 3.8) is 0 Å². The maximum atomic E-state index is 13.1. The summed E-state index contributed by atoms with van der Waals surface area (Å²) in [5.41, 5.74) is 0.925. The van der Waals surface area contributed by atoms with Gasteiger partial charge in [-0.25, -0.2) is 8.78 Å². The highest BCUT2D eigenvalue weighted by Crippen LogP contribution is 2.28. The number of allylic oxidation sites excluding steroid dienone is 2. The zero-order valence-electron chi connectivity index (χ0n) is 8.64. The van der Waals surface area contributed by atoms with Crippen LogP contribution in [0.5, 0.6) is 0 Å². The fourth-order valence-corrected chi connectivity index (χ4v) is 1.89. The van der Waals surface area contributed by atoms with Gasteiger partial charge in [-0.3, -0.25) is 4.79 Å². The van der Waals surface area contributed by atoms with Crippen molar-refractivity contribution < 1.29 is 13.6 Å². The summed E-state index contributed by atoms with van der Waals surface area (Å²) in [5.74, 6) is -1.39. The van der Waals surface area contributed by atoms with E-state index in [4.69, 9.17) is 11.6 Å². The fourth-order valence-electron chi connectivity index (χ4n) is 1.66. The Morgan fingerprint density at radius 1 is 1.24 bits per heavy atom. The summed E-state index contributed by atoms with van der Waals surface area (Å²) in [4.78, 5) is 10.9. The van der Waals surface area contributed by atoms with Gasteiger partial charge >= 0.3 is 0 Å². The molecule has 1 aliphatic rings. The standard InChI is InChI=1S/C12H8ClF2NO/c13-12-11(6-17)10(1-2-16-12)7-3-8(14)5-9(15)4-7/h1,3-6,16H,2H2. The van der Waals surface area contributed by atoms with E-state index in [2.05, 4.69) is 5.32 Å². The van der Waals surface area contributed by atoms with Crippen molar-refractivity contribution in [2.24, 2.45) is 0 Å². The molecule has 0 amide bonds. The van der Waals surface area contributed by atoms with Crippen LogP contribution in [0.1, 0.15) is 5.56 Å². The Morgan fingerprint density at radius 3 is 2.47 bits per heavy atom. The van der Waals surface area contributed by atoms with E-state index in [0.717, 1.165) is 18.2 Å². The second-order valence-corrected chi connectivity index (χ2v) is 3.88. The quantitative estimate of drug-likeness (QED) is 0.650. The number of hydrogen-bond donors (Lipinski definition) is 1. The van der Waals surface area contributed by atoms with Crippen molar-refractivity contribution in [1.29, 1.82) is 0 Å². The van der Waals surface area contributed by atoms with Gasteiger partial charge in [0.25, 0.3) is 0 Å². The SMILES string of the molecule is O=CC1=C(Cl)NCC=C1c1cc(F)cc(F)c1. The second kappa shape index (κ2) is 4.67. The van der Waals surface area contributed by atoms with Crippen LogP contribution in [0.15, 0.2) is 35.0 Å². The third-order valence-corrected chi connectivity index (χ3v) is 2.72. The van der Waals surface area contributed by atoms with Crippen LogP contribution in [-0.4, -0.2) is 12.8 Å². The largest absolute Gasteiger partial charge is 0.372 e. The summed E-state index contributed by atoms with van der Waals surface area (Å²) in [6.07, 6.45) is 2.22. The molecule has 0 aliphatic carbocycles. The summed E-state index contributed by atoms with van der Waals surface area (Å²) in [6, 6.07) is 3.10. The molecular weight excluding hydrogens is 248 g/mol. The van der Waals surface area contributed by atoms with Gasteiger partial charge in [-0.05, 0) is 23.3 Å². The minimum atomic E-state index is -0.694. The molecule has 0 fully saturated rings. The lowest BCUT2D eigenvalue weighted by Crippen LogP contribution is -2.17. The average molecular weight is 256 g/mol.